The SMILES string of the molecule is CC(N[C@@H]1COC[C@H]1O)C1CC1. The first kappa shape index (κ1) is 8.48. The molecule has 0 aromatic heterocycles. The summed E-state index contributed by atoms with van der Waals surface area (Å²) in [6.45, 7) is 3.36. The fourth-order valence-corrected chi connectivity index (χ4v) is 1.77. The number of aliphatic hydroxyl groups is 1. The van der Waals surface area contributed by atoms with Crippen LogP contribution in [-0.4, -0.2) is 36.5 Å². The number of rotatable bonds is 3. The Hall–Kier alpha value is -0.120. The van der Waals surface area contributed by atoms with Gasteiger partial charge in [-0.2, -0.15) is 0 Å². The van der Waals surface area contributed by atoms with Crippen LogP contribution in [0.5, 0.6) is 0 Å². The zero-order valence-corrected chi connectivity index (χ0v) is 7.49. The minimum Gasteiger partial charge on any atom is -0.389 e. The smallest absolute Gasteiger partial charge is 0.0948 e. The fourth-order valence-electron chi connectivity index (χ4n) is 1.77. The summed E-state index contributed by atoms with van der Waals surface area (Å²) in [6.07, 6.45) is 2.39. The van der Waals surface area contributed by atoms with Gasteiger partial charge in [0.2, 0.25) is 0 Å². The first-order valence-corrected chi connectivity index (χ1v) is 4.79. The summed E-state index contributed by atoms with van der Waals surface area (Å²) in [4.78, 5) is 0. The first-order chi connectivity index (χ1) is 5.77. The zero-order valence-electron chi connectivity index (χ0n) is 7.49. The lowest BCUT2D eigenvalue weighted by atomic mass is 10.1. The molecule has 0 aromatic rings. The lowest BCUT2D eigenvalue weighted by Crippen LogP contribution is -2.44. The van der Waals surface area contributed by atoms with Gasteiger partial charge in [-0.15, -0.1) is 0 Å². The third kappa shape index (κ3) is 1.79. The van der Waals surface area contributed by atoms with Gasteiger partial charge in [0.25, 0.3) is 0 Å². The van der Waals surface area contributed by atoms with Crippen molar-refractivity contribution in [1.29, 1.82) is 0 Å². The maximum Gasteiger partial charge on any atom is 0.0948 e. The molecule has 0 amide bonds. The number of ether oxygens (including phenoxy) is 1. The van der Waals surface area contributed by atoms with Crippen LogP contribution in [0.15, 0.2) is 0 Å². The monoisotopic (exact) mass is 171 g/mol. The van der Waals surface area contributed by atoms with Crippen LogP contribution in [0.1, 0.15) is 19.8 Å². The van der Waals surface area contributed by atoms with E-state index in [-0.39, 0.29) is 12.1 Å². The van der Waals surface area contributed by atoms with E-state index >= 15 is 0 Å². The molecule has 1 aliphatic heterocycles. The molecule has 2 aliphatic rings. The fraction of sp³-hybridized carbons (Fsp3) is 1.00. The predicted molar refractivity (Wildman–Crippen MR) is 45.9 cm³/mol. The molecule has 70 valence electrons. The van der Waals surface area contributed by atoms with Gasteiger partial charge >= 0.3 is 0 Å². The molecule has 1 saturated heterocycles. The van der Waals surface area contributed by atoms with E-state index in [2.05, 4.69) is 12.2 Å². The molecule has 0 aromatic carbocycles. The highest BCUT2D eigenvalue weighted by Gasteiger charge is 2.33. The number of nitrogens with one attached hydrogen (secondary N) is 1. The van der Waals surface area contributed by atoms with Gasteiger partial charge in [0.15, 0.2) is 0 Å². The topological polar surface area (TPSA) is 41.5 Å². The summed E-state index contributed by atoms with van der Waals surface area (Å²) in [5, 5.41) is 12.9. The Balaban J connectivity index is 1.76. The highest BCUT2D eigenvalue weighted by Crippen LogP contribution is 2.32. The summed E-state index contributed by atoms with van der Waals surface area (Å²) < 4.78 is 5.16. The third-order valence-corrected chi connectivity index (χ3v) is 2.86. The quantitative estimate of drug-likeness (QED) is 0.634. The molecule has 2 N–H and O–H groups in total. The van der Waals surface area contributed by atoms with E-state index in [1.807, 2.05) is 0 Å². The molecule has 2 fully saturated rings. The molecule has 3 atom stereocenters. The van der Waals surface area contributed by atoms with Gasteiger partial charge in [0.1, 0.15) is 0 Å². The number of hydrogen-bond donors (Lipinski definition) is 2. The molecular formula is C9H17NO2. The Morgan fingerprint density at radius 1 is 1.42 bits per heavy atom. The van der Waals surface area contributed by atoms with Gasteiger partial charge in [-0.05, 0) is 25.7 Å². The highest BCUT2D eigenvalue weighted by atomic mass is 16.5. The van der Waals surface area contributed by atoms with Crippen molar-refractivity contribution in [3.8, 4) is 0 Å². The Kier molecular flexibility index (Phi) is 2.35. The van der Waals surface area contributed by atoms with Gasteiger partial charge in [-0.25, -0.2) is 0 Å². The molecule has 3 nitrogen and oxygen atoms in total. The maximum atomic E-state index is 9.45. The lowest BCUT2D eigenvalue weighted by molar-refractivity contribution is 0.121. The number of hydrogen-bond acceptors (Lipinski definition) is 3. The van der Waals surface area contributed by atoms with Crippen molar-refractivity contribution in [1.82, 2.24) is 5.32 Å². The molecule has 2 rings (SSSR count). The standard InChI is InChI=1S/C9H17NO2/c1-6(7-2-3-7)10-8-4-12-5-9(8)11/h6-11H,2-5H2,1H3/t6?,8-,9-/m1/s1. The van der Waals surface area contributed by atoms with Crippen molar-refractivity contribution in [3.63, 3.8) is 0 Å². The molecule has 1 aliphatic carbocycles. The van der Waals surface area contributed by atoms with Crippen molar-refractivity contribution in [2.75, 3.05) is 13.2 Å². The minimum absolute atomic E-state index is 0.167. The molecule has 1 saturated carbocycles. The van der Waals surface area contributed by atoms with Gasteiger partial charge in [0, 0.05) is 6.04 Å². The third-order valence-electron chi connectivity index (χ3n) is 2.86. The van der Waals surface area contributed by atoms with Gasteiger partial charge in [0.05, 0.1) is 25.4 Å². The lowest BCUT2D eigenvalue weighted by Gasteiger charge is -2.20. The van der Waals surface area contributed by atoms with Gasteiger partial charge < -0.3 is 15.2 Å². The second-order valence-electron chi connectivity index (χ2n) is 4.00. The largest absolute Gasteiger partial charge is 0.389 e. The highest BCUT2D eigenvalue weighted by molar-refractivity contribution is 4.89. The van der Waals surface area contributed by atoms with Gasteiger partial charge in [-0.3, -0.25) is 0 Å². The van der Waals surface area contributed by atoms with Crippen LogP contribution >= 0.6 is 0 Å². The molecule has 3 heteroatoms. The van der Waals surface area contributed by atoms with E-state index in [0.717, 1.165) is 5.92 Å². The molecule has 0 bridgehead atoms. The molecule has 1 heterocycles. The van der Waals surface area contributed by atoms with Crippen LogP contribution in [0.4, 0.5) is 0 Å². The maximum absolute atomic E-state index is 9.45. The average molecular weight is 171 g/mol. The Morgan fingerprint density at radius 2 is 2.17 bits per heavy atom. The van der Waals surface area contributed by atoms with Crippen molar-refractivity contribution < 1.29 is 9.84 Å². The van der Waals surface area contributed by atoms with E-state index in [4.69, 9.17) is 4.74 Å². The zero-order chi connectivity index (χ0) is 8.55. The summed E-state index contributed by atoms with van der Waals surface area (Å²) in [5.41, 5.74) is 0. The van der Waals surface area contributed by atoms with Crippen LogP contribution in [0.3, 0.4) is 0 Å². The van der Waals surface area contributed by atoms with Crippen LogP contribution < -0.4 is 5.32 Å². The summed E-state index contributed by atoms with van der Waals surface area (Å²) >= 11 is 0. The molecule has 1 unspecified atom stereocenters. The molecule has 0 spiro atoms. The summed E-state index contributed by atoms with van der Waals surface area (Å²) in [5.74, 6) is 0.845. The second-order valence-corrected chi connectivity index (χ2v) is 4.00. The molecular weight excluding hydrogens is 154 g/mol. The Labute approximate surface area is 73.1 Å². The van der Waals surface area contributed by atoms with E-state index < -0.39 is 0 Å². The van der Waals surface area contributed by atoms with Crippen LogP contribution in [-0.2, 0) is 4.74 Å². The average Bonchev–Trinajstić information content (AvgIpc) is 2.80. The van der Waals surface area contributed by atoms with E-state index in [9.17, 15) is 5.11 Å². The van der Waals surface area contributed by atoms with E-state index in [1.54, 1.807) is 0 Å². The van der Waals surface area contributed by atoms with E-state index in [1.165, 1.54) is 12.8 Å². The van der Waals surface area contributed by atoms with Gasteiger partial charge in [-0.1, -0.05) is 0 Å². The van der Waals surface area contributed by atoms with Crippen LogP contribution in [0.25, 0.3) is 0 Å². The van der Waals surface area contributed by atoms with Crippen molar-refractivity contribution in [2.24, 2.45) is 5.92 Å². The summed E-state index contributed by atoms with van der Waals surface area (Å²) in [7, 11) is 0. The summed E-state index contributed by atoms with van der Waals surface area (Å²) in [6, 6.07) is 0.715. The van der Waals surface area contributed by atoms with Crippen molar-refractivity contribution in [3.05, 3.63) is 0 Å². The normalized spacial score (nSPS) is 38.5. The molecule has 0 radical (unpaired) electrons. The van der Waals surface area contributed by atoms with Crippen molar-refractivity contribution >= 4 is 0 Å². The Morgan fingerprint density at radius 3 is 2.67 bits per heavy atom. The van der Waals surface area contributed by atoms with E-state index in [0.29, 0.717) is 19.3 Å². The Bertz CT molecular complexity index is 159. The second kappa shape index (κ2) is 3.32. The minimum atomic E-state index is -0.300. The molecule has 12 heavy (non-hydrogen) atoms. The first-order valence-electron chi connectivity index (χ1n) is 4.79. The number of aliphatic hydroxyl groups excluding tert-OH is 1. The van der Waals surface area contributed by atoms with Crippen LogP contribution in [0.2, 0.25) is 0 Å². The predicted octanol–water partition coefficient (Wildman–Crippen LogP) is 0.134. The van der Waals surface area contributed by atoms with Crippen molar-refractivity contribution in [2.45, 2.75) is 38.0 Å². The van der Waals surface area contributed by atoms with Crippen LogP contribution in [0, 0.1) is 5.92 Å².